The summed E-state index contributed by atoms with van der Waals surface area (Å²) in [6.45, 7) is 14.0. The Kier molecular flexibility index (Phi) is 7.05. The summed E-state index contributed by atoms with van der Waals surface area (Å²) in [5, 5.41) is 0. The highest BCUT2D eigenvalue weighted by Crippen LogP contribution is 2.39. The normalized spacial score (nSPS) is 32.6. The number of carbonyl (C=O) groups is 1. The first-order valence-corrected chi connectivity index (χ1v) is 11.5. The van der Waals surface area contributed by atoms with E-state index in [0.717, 1.165) is 36.6 Å². The maximum atomic E-state index is 12.4. The van der Waals surface area contributed by atoms with Gasteiger partial charge in [-0.2, -0.15) is 0 Å². The fourth-order valence-corrected chi connectivity index (χ4v) is 5.83. The van der Waals surface area contributed by atoms with Crippen LogP contribution in [0.25, 0.3) is 0 Å². The van der Waals surface area contributed by atoms with Gasteiger partial charge in [-0.15, -0.1) is 0 Å². The summed E-state index contributed by atoms with van der Waals surface area (Å²) in [6.07, 6.45) is 10.4. The van der Waals surface area contributed by atoms with Crippen molar-refractivity contribution < 1.29 is 4.79 Å². The molecule has 1 aliphatic carbocycles. The van der Waals surface area contributed by atoms with E-state index in [2.05, 4.69) is 37.5 Å². The van der Waals surface area contributed by atoms with Crippen LogP contribution < -0.4 is 0 Å². The molecule has 3 nitrogen and oxygen atoms in total. The Morgan fingerprint density at radius 2 is 1.50 bits per heavy atom. The van der Waals surface area contributed by atoms with Gasteiger partial charge in [0.05, 0.1) is 0 Å². The minimum absolute atomic E-state index is 0.374. The second-order valence-corrected chi connectivity index (χ2v) is 10.1. The van der Waals surface area contributed by atoms with Crippen LogP contribution in [0.1, 0.15) is 79.1 Å². The highest BCUT2D eigenvalue weighted by Gasteiger charge is 2.34. The molecular weight excluding hydrogens is 320 g/mol. The Bertz CT molecular complexity index is 445. The van der Waals surface area contributed by atoms with Crippen molar-refractivity contribution in [1.82, 2.24) is 9.80 Å². The first kappa shape index (κ1) is 20.2. The second-order valence-electron chi connectivity index (χ2n) is 10.1. The Hall–Kier alpha value is -0.570. The van der Waals surface area contributed by atoms with E-state index < -0.39 is 0 Å². The molecule has 1 amide bonds. The van der Waals surface area contributed by atoms with Gasteiger partial charge in [0, 0.05) is 25.6 Å². The molecule has 1 atom stereocenters. The largest absolute Gasteiger partial charge is 0.340 e. The van der Waals surface area contributed by atoms with Crippen LogP contribution in [0.15, 0.2) is 0 Å². The lowest BCUT2D eigenvalue weighted by Gasteiger charge is -2.41. The second kappa shape index (κ2) is 9.08. The van der Waals surface area contributed by atoms with Crippen LogP contribution in [0.2, 0.25) is 0 Å². The van der Waals surface area contributed by atoms with E-state index in [4.69, 9.17) is 0 Å². The average Bonchev–Trinajstić information content (AvgIpc) is 2.62. The van der Waals surface area contributed by atoms with Gasteiger partial charge >= 0.3 is 0 Å². The van der Waals surface area contributed by atoms with Crippen LogP contribution in [0.4, 0.5) is 0 Å². The van der Waals surface area contributed by atoms with Crippen molar-refractivity contribution in [2.45, 2.75) is 85.1 Å². The molecule has 2 saturated heterocycles. The number of carbonyl (C=O) groups excluding carboxylic acids is 1. The summed E-state index contributed by atoms with van der Waals surface area (Å²) in [7, 11) is 0. The zero-order valence-electron chi connectivity index (χ0n) is 17.8. The first-order valence-electron chi connectivity index (χ1n) is 11.5. The van der Waals surface area contributed by atoms with Gasteiger partial charge in [0.1, 0.15) is 0 Å². The monoisotopic (exact) mass is 362 g/mol. The van der Waals surface area contributed by atoms with Gasteiger partial charge < -0.3 is 9.80 Å². The van der Waals surface area contributed by atoms with Crippen molar-refractivity contribution in [3.63, 3.8) is 0 Å². The van der Waals surface area contributed by atoms with Crippen LogP contribution in [-0.4, -0.2) is 47.9 Å². The van der Waals surface area contributed by atoms with Crippen molar-refractivity contribution in [2.24, 2.45) is 29.6 Å². The summed E-state index contributed by atoms with van der Waals surface area (Å²) in [6, 6.07) is 0.374. The zero-order chi connectivity index (χ0) is 18.7. The Morgan fingerprint density at radius 3 is 2.04 bits per heavy atom. The third-order valence-corrected chi connectivity index (χ3v) is 7.77. The van der Waals surface area contributed by atoms with Crippen LogP contribution in [0, 0.1) is 29.6 Å². The molecule has 0 spiro atoms. The molecule has 150 valence electrons. The zero-order valence-corrected chi connectivity index (χ0v) is 17.8. The molecule has 1 saturated carbocycles. The highest BCUT2D eigenvalue weighted by atomic mass is 16.2. The summed E-state index contributed by atoms with van der Waals surface area (Å²) >= 11 is 0. The molecule has 0 radical (unpaired) electrons. The Balaban J connectivity index is 1.38. The Morgan fingerprint density at radius 1 is 0.846 bits per heavy atom. The van der Waals surface area contributed by atoms with Crippen molar-refractivity contribution >= 4 is 5.91 Å². The lowest BCUT2D eigenvalue weighted by Crippen LogP contribution is -2.45. The van der Waals surface area contributed by atoms with E-state index in [-0.39, 0.29) is 0 Å². The number of rotatable bonds is 5. The predicted molar refractivity (Wildman–Crippen MR) is 109 cm³/mol. The molecule has 0 aromatic rings. The number of nitrogens with zero attached hydrogens (tertiary/aromatic N) is 2. The van der Waals surface area contributed by atoms with Crippen molar-refractivity contribution in [3.8, 4) is 0 Å². The molecule has 0 bridgehead atoms. The lowest BCUT2D eigenvalue weighted by molar-refractivity contribution is -0.138. The first-order chi connectivity index (χ1) is 12.4. The maximum absolute atomic E-state index is 12.4. The van der Waals surface area contributed by atoms with Gasteiger partial charge in [-0.05, 0) is 101 Å². The molecule has 1 unspecified atom stereocenters. The predicted octanol–water partition coefficient (Wildman–Crippen LogP) is 4.81. The van der Waals surface area contributed by atoms with E-state index in [9.17, 15) is 4.79 Å². The molecule has 0 aromatic carbocycles. The topological polar surface area (TPSA) is 23.6 Å². The molecule has 3 heteroatoms. The van der Waals surface area contributed by atoms with E-state index in [0.29, 0.717) is 17.9 Å². The molecule has 3 aliphatic rings. The third kappa shape index (κ3) is 5.03. The standard InChI is InChI=1S/C23H42N2O/c1-17(2)20-9-12-24(13-10-20)16-19-5-7-21(8-6-19)22-11-14-25(18(3)4)23(26)15-22/h17-22H,5-16H2,1-4H3. The number of hydrogen-bond acceptors (Lipinski definition) is 2. The van der Waals surface area contributed by atoms with Gasteiger partial charge in [0.25, 0.3) is 0 Å². The van der Waals surface area contributed by atoms with Crippen LogP contribution in [0.3, 0.4) is 0 Å². The summed E-state index contributed by atoms with van der Waals surface area (Å²) in [4.78, 5) is 17.2. The van der Waals surface area contributed by atoms with Crippen molar-refractivity contribution in [3.05, 3.63) is 0 Å². The summed E-state index contributed by atoms with van der Waals surface area (Å²) in [5.74, 6) is 4.62. The molecule has 3 rings (SSSR count). The number of piperidine rings is 2. The van der Waals surface area contributed by atoms with Crippen molar-refractivity contribution in [2.75, 3.05) is 26.2 Å². The minimum Gasteiger partial charge on any atom is -0.340 e. The van der Waals surface area contributed by atoms with E-state index in [1.165, 1.54) is 64.6 Å². The highest BCUT2D eigenvalue weighted by molar-refractivity contribution is 5.77. The quantitative estimate of drug-likeness (QED) is 0.701. The van der Waals surface area contributed by atoms with Gasteiger partial charge in [-0.1, -0.05) is 13.8 Å². The van der Waals surface area contributed by atoms with E-state index in [1.54, 1.807) is 0 Å². The van der Waals surface area contributed by atoms with Crippen LogP contribution in [0.5, 0.6) is 0 Å². The molecule has 2 aliphatic heterocycles. The summed E-state index contributed by atoms with van der Waals surface area (Å²) in [5.41, 5.74) is 0. The smallest absolute Gasteiger partial charge is 0.223 e. The van der Waals surface area contributed by atoms with Gasteiger partial charge in [0.15, 0.2) is 0 Å². The Labute approximate surface area is 161 Å². The molecule has 3 fully saturated rings. The number of likely N-dealkylation sites (tertiary alicyclic amines) is 2. The fraction of sp³-hybridized carbons (Fsp3) is 0.957. The third-order valence-electron chi connectivity index (χ3n) is 7.77. The average molecular weight is 363 g/mol. The van der Waals surface area contributed by atoms with E-state index in [1.807, 2.05) is 0 Å². The molecule has 26 heavy (non-hydrogen) atoms. The van der Waals surface area contributed by atoms with Gasteiger partial charge in [-0.3, -0.25) is 4.79 Å². The van der Waals surface area contributed by atoms with E-state index >= 15 is 0 Å². The lowest BCUT2D eigenvalue weighted by atomic mass is 9.72. The number of hydrogen-bond donors (Lipinski definition) is 0. The minimum atomic E-state index is 0.374. The molecule has 0 aromatic heterocycles. The van der Waals surface area contributed by atoms with Crippen molar-refractivity contribution in [1.29, 1.82) is 0 Å². The van der Waals surface area contributed by atoms with Gasteiger partial charge in [-0.25, -0.2) is 0 Å². The maximum Gasteiger partial charge on any atom is 0.223 e. The fourth-order valence-electron chi connectivity index (χ4n) is 5.83. The number of amides is 1. The molecule has 0 N–H and O–H groups in total. The molecule has 2 heterocycles. The van der Waals surface area contributed by atoms with Crippen LogP contribution >= 0.6 is 0 Å². The molecular formula is C23H42N2O. The van der Waals surface area contributed by atoms with Gasteiger partial charge in [0.2, 0.25) is 5.91 Å². The SMILES string of the molecule is CC(C)C1CCN(CC2CCC(C3CCN(C(C)C)C(=O)C3)CC2)CC1. The van der Waals surface area contributed by atoms with Crippen LogP contribution in [-0.2, 0) is 4.79 Å². The summed E-state index contributed by atoms with van der Waals surface area (Å²) < 4.78 is 0.